The number of amides is 1. The van der Waals surface area contributed by atoms with Crippen LogP contribution in [0.4, 0.5) is 5.82 Å². The first-order chi connectivity index (χ1) is 14.3. The normalized spacial score (nSPS) is 13.3. The van der Waals surface area contributed by atoms with Crippen LogP contribution in [0, 0.1) is 13.8 Å². The molecule has 4 rings (SSSR count). The van der Waals surface area contributed by atoms with E-state index in [4.69, 9.17) is 4.74 Å². The van der Waals surface area contributed by atoms with Gasteiger partial charge in [0.05, 0.1) is 10.5 Å². The van der Waals surface area contributed by atoms with Crippen molar-refractivity contribution in [1.29, 1.82) is 0 Å². The van der Waals surface area contributed by atoms with Crippen LogP contribution in [0.25, 0.3) is 0 Å². The summed E-state index contributed by atoms with van der Waals surface area (Å²) < 4.78 is 34.1. The maximum Gasteiger partial charge on any atom is 0.263 e. The highest BCUT2D eigenvalue weighted by Gasteiger charge is 2.28. The van der Waals surface area contributed by atoms with E-state index < -0.39 is 15.9 Å². The number of nitrogens with one attached hydrogen (secondary N) is 1. The molecule has 0 bridgehead atoms. The maximum absolute atomic E-state index is 12.9. The fourth-order valence-electron chi connectivity index (χ4n) is 3.22. The number of hydrogen-bond acceptors (Lipinski definition) is 5. The van der Waals surface area contributed by atoms with E-state index in [0.29, 0.717) is 11.6 Å². The smallest absolute Gasteiger partial charge is 0.263 e. The molecule has 7 nitrogen and oxygen atoms in total. The molecular weight excluding hydrogens is 402 g/mol. The molecule has 2 aromatic carbocycles. The quantitative estimate of drug-likeness (QED) is 0.693. The second-order valence-electron chi connectivity index (χ2n) is 7.19. The van der Waals surface area contributed by atoms with E-state index in [1.165, 1.54) is 23.1 Å². The molecular formula is C22H21N3O4S. The van der Waals surface area contributed by atoms with Crippen LogP contribution < -0.4 is 14.4 Å². The Morgan fingerprint density at radius 2 is 1.83 bits per heavy atom. The van der Waals surface area contributed by atoms with Crippen LogP contribution in [0.1, 0.15) is 27.0 Å². The van der Waals surface area contributed by atoms with Gasteiger partial charge >= 0.3 is 0 Å². The molecule has 0 fully saturated rings. The van der Waals surface area contributed by atoms with E-state index in [0.717, 1.165) is 16.7 Å². The van der Waals surface area contributed by atoms with Crippen molar-refractivity contribution in [2.45, 2.75) is 25.3 Å². The standard InChI is InChI=1S/C22H21N3O4S/c1-14-6-7-16(11-15(14)2)13-24-30(27,28)17-8-9-19-18(12-17)22(26)25(3)21-20(29-19)5-4-10-23-21/h4-12,24H,13H2,1-3H3. The number of hydrogen-bond donors (Lipinski definition) is 1. The summed E-state index contributed by atoms with van der Waals surface area (Å²) in [6, 6.07) is 13.5. The molecule has 0 atom stereocenters. The minimum absolute atomic E-state index is 0.00523. The van der Waals surface area contributed by atoms with E-state index in [-0.39, 0.29) is 22.8 Å². The fourth-order valence-corrected chi connectivity index (χ4v) is 4.26. The summed E-state index contributed by atoms with van der Waals surface area (Å²) in [5.41, 5.74) is 3.25. The van der Waals surface area contributed by atoms with Crippen molar-refractivity contribution in [2.24, 2.45) is 0 Å². The lowest BCUT2D eigenvalue weighted by Crippen LogP contribution is -2.27. The number of rotatable bonds is 4. The number of aryl methyl sites for hydroxylation is 2. The summed E-state index contributed by atoms with van der Waals surface area (Å²) >= 11 is 0. The molecule has 30 heavy (non-hydrogen) atoms. The van der Waals surface area contributed by atoms with Crippen molar-refractivity contribution in [1.82, 2.24) is 9.71 Å². The van der Waals surface area contributed by atoms with Crippen molar-refractivity contribution in [3.8, 4) is 11.5 Å². The summed E-state index contributed by atoms with van der Waals surface area (Å²) in [6.07, 6.45) is 1.56. The summed E-state index contributed by atoms with van der Waals surface area (Å²) in [6.45, 7) is 4.14. The van der Waals surface area contributed by atoms with Crippen molar-refractivity contribution in [2.75, 3.05) is 11.9 Å². The van der Waals surface area contributed by atoms with Gasteiger partial charge in [0.25, 0.3) is 5.91 Å². The summed E-state index contributed by atoms with van der Waals surface area (Å²) in [7, 11) is -2.25. The zero-order valence-electron chi connectivity index (χ0n) is 16.8. The van der Waals surface area contributed by atoms with E-state index in [2.05, 4.69) is 9.71 Å². The first-order valence-corrected chi connectivity index (χ1v) is 10.9. The van der Waals surface area contributed by atoms with Crippen molar-refractivity contribution in [3.63, 3.8) is 0 Å². The molecule has 1 aromatic heterocycles. The number of nitrogens with zero attached hydrogens (tertiary/aromatic N) is 2. The molecule has 154 valence electrons. The van der Waals surface area contributed by atoms with Gasteiger partial charge in [-0.3, -0.25) is 9.69 Å². The number of aromatic nitrogens is 1. The Balaban J connectivity index is 1.63. The molecule has 1 N–H and O–H groups in total. The Labute approximate surface area is 175 Å². The van der Waals surface area contributed by atoms with Gasteiger partial charge in [-0.15, -0.1) is 0 Å². The molecule has 2 heterocycles. The number of carbonyl (C=O) groups excluding carboxylic acids is 1. The number of fused-ring (bicyclic) bond motifs is 2. The predicted octanol–water partition coefficient (Wildman–Crippen LogP) is 3.56. The predicted molar refractivity (Wildman–Crippen MR) is 113 cm³/mol. The van der Waals surface area contributed by atoms with Gasteiger partial charge in [-0.2, -0.15) is 0 Å². The van der Waals surface area contributed by atoms with Gasteiger partial charge in [0.15, 0.2) is 11.6 Å². The molecule has 1 aliphatic heterocycles. The largest absolute Gasteiger partial charge is 0.453 e. The van der Waals surface area contributed by atoms with Crippen LogP contribution in [-0.4, -0.2) is 26.4 Å². The first kappa shape index (κ1) is 20.1. The highest BCUT2D eigenvalue weighted by Crippen LogP contribution is 2.37. The number of pyridine rings is 1. The van der Waals surface area contributed by atoms with Gasteiger partial charge in [-0.1, -0.05) is 18.2 Å². The Morgan fingerprint density at radius 1 is 1.03 bits per heavy atom. The van der Waals surface area contributed by atoms with Crippen LogP contribution in [0.3, 0.4) is 0 Å². The Hall–Kier alpha value is -3.23. The minimum Gasteiger partial charge on any atom is -0.453 e. The Kier molecular flexibility index (Phi) is 5.05. The minimum atomic E-state index is -3.83. The SMILES string of the molecule is Cc1ccc(CNS(=O)(=O)c2ccc3c(c2)C(=O)N(C)c2ncccc2O3)cc1C. The highest BCUT2D eigenvalue weighted by molar-refractivity contribution is 7.89. The number of carbonyl (C=O) groups is 1. The topological polar surface area (TPSA) is 88.6 Å². The van der Waals surface area contributed by atoms with Gasteiger partial charge in [0.2, 0.25) is 10.0 Å². The molecule has 0 spiro atoms. The molecule has 0 aliphatic carbocycles. The molecule has 0 unspecified atom stereocenters. The average molecular weight is 423 g/mol. The molecule has 1 amide bonds. The van der Waals surface area contributed by atoms with Crippen molar-refractivity contribution < 1.29 is 17.9 Å². The van der Waals surface area contributed by atoms with Gasteiger partial charge < -0.3 is 4.74 Å². The van der Waals surface area contributed by atoms with Crippen molar-refractivity contribution in [3.05, 3.63) is 77.0 Å². The zero-order chi connectivity index (χ0) is 21.5. The molecule has 0 saturated carbocycles. The second-order valence-corrected chi connectivity index (χ2v) is 8.96. The molecule has 8 heteroatoms. The van der Waals surface area contributed by atoms with E-state index >= 15 is 0 Å². The zero-order valence-corrected chi connectivity index (χ0v) is 17.7. The van der Waals surface area contributed by atoms with E-state index in [1.807, 2.05) is 32.0 Å². The van der Waals surface area contributed by atoms with Gasteiger partial charge in [-0.25, -0.2) is 18.1 Å². The van der Waals surface area contributed by atoms with Crippen LogP contribution in [-0.2, 0) is 16.6 Å². The first-order valence-electron chi connectivity index (χ1n) is 9.37. The molecule has 0 saturated heterocycles. The van der Waals surface area contributed by atoms with Crippen LogP contribution in [0.2, 0.25) is 0 Å². The third kappa shape index (κ3) is 3.67. The maximum atomic E-state index is 12.9. The van der Waals surface area contributed by atoms with Gasteiger partial charge in [0, 0.05) is 19.8 Å². The lowest BCUT2D eigenvalue weighted by molar-refractivity contribution is 0.0992. The van der Waals surface area contributed by atoms with E-state index in [9.17, 15) is 13.2 Å². The van der Waals surface area contributed by atoms with Crippen LogP contribution in [0.5, 0.6) is 11.5 Å². The number of ether oxygens (including phenoxy) is 1. The molecule has 0 radical (unpaired) electrons. The number of anilines is 1. The monoisotopic (exact) mass is 423 g/mol. The van der Waals surface area contributed by atoms with Crippen LogP contribution in [0.15, 0.2) is 59.6 Å². The fraction of sp³-hybridized carbons (Fsp3) is 0.182. The van der Waals surface area contributed by atoms with Gasteiger partial charge in [0.1, 0.15) is 5.75 Å². The number of benzene rings is 2. The lowest BCUT2D eigenvalue weighted by Gasteiger charge is -2.14. The Morgan fingerprint density at radius 3 is 2.60 bits per heavy atom. The Bertz CT molecular complexity index is 1250. The number of sulfonamides is 1. The highest BCUT2D eigenvalue weighted by atomic mass is 32.2. The van der Waals surface area contributed by atoms with Gasteiger partial charge in [-0.05, 0) is 60.9 Å². The van der Waals surface area contributed by atoms with E-state index in [1.54, 1.807) is 25.4 Å². The second kappa shape index (κ2) is 7.55. The average Bonchev–Trinajstić information content (AvgIpc) is 2.84. The summed E-state index contributed by atoms with van der Waals surface area (Å²) in [4.78, 5) is 18.5. The third-order valence-electron chi connectivity index (χ3n) is 5.12. The molecule has 1 aliphatic rings. The van der Waals surface area contributed by atoms with Crippen molar-refractivity contribution >= 4 is 21.7 Å². The summed E-state index contributed by atoms with van der Waals surface area (Å²) in [5.74, 6) is 0.687. The third-order valence-corrected chi connectivity index (χ3v) is 6.52. The summed E-state index contributed by atoms with van der Waals surface area (Å²) in [5, 5.41) is 0. The van der Waals surface area contributed by atoms with Crippen LogP contribution >= 0.6 is 0 Å². The lowest BCUT2D eigenvalue weighted by atomic mass is 10.1. The molecule has 3 aromatic rings.